The summed E-state index contributed by atoms with van der Waals surface area (Å²) in [6.45, 7) is 16.0. The molecule has 0 saturated carbocycles. The molecule has 3 saturated heterocycles. The highest BCUT2D eigenvalue weighted by molar-refractivity contribution is 6.03. The van der Waals surface area contributed by atoms with Gasteiger partial charge in [0.15, 0.2) is 0 Å². The van der Waals surface area contributed by atoms with Crippen molar-refractivity contribution in [2.24, 2.45) is 11.8 Å². The van der Waals surface area contributed by atoms with Gasteiger partial charge in [-0.3, -0.25) is 14.4 Å². The third-order valence-electron chi connectivity index (χ3n) is 9.56. The molecule has 2 bridgehead atoms. The van der Waals surface area contributed by atoms with Crippen molar-refractivity contribution in [2.75, 3.05) is 44.3 Å². The van der Waals surface area contributed by atoms with E-state index in [1.807, 2.05) is 38.1 Å². The third kappa shape index (κ3) is 6.31. The summed E-state index contributed by atoms with van der Waals surface area (Å²) in [5.41, 5.74) is -1.27. The van der Waals surface area contributed by atoms with E-state index < -0.39 is 29.1 Å². The molecule has 1 spiro atoms. The van der Waals surface area contributed by atoms with Crippen molar-refractivity contribution in [2.45, 2.75) is 89.4 Å². The molecular weight excluding hydrogens is 558 g/mol. The third-order valence-corrected chi connectivity index (χ3v) is 9.56. The number of benzene rings is 1. The van der Waals surface area contributed by atoms with Crippen LogP contribution in [0.25, 0.3) is 0 Å². The van der Waals surface area contributed by atoms with Crippen LogP contribution in [-0.2, 0) is 19.1 Å². The van der Waals surface area contributed by atoms with Crippen LogP contribution < -0.4 is 9.64 Å². The molecule has 3 aliphatic heterocycles. The van der Waals surface area contributed by atoms with E-state index in [4.69, 9.17) is 9.47 Å². The maximum absolute atomic E-state index is 14.6. The fourth-order valence-corrected chi connectivity index (χ4v) is 7.57. The van der Waals surface area contributed by atoms with Crippen LogP contribution in [0.3, 0.4) is 0 Å². The lowest BCUT2D eigenvalue weighted by molar-refractivity contribution is -0.151. The molecule has 3 amide bonds. The standard InChI is InChI=1S/C35H51N3O6/c1-6-10-12-23-36(21-7-2)33(42)30-35-20-19-34(5,44-35)28(29(35)32(41)38(30)24-13-11-14-25-39)31(40)37(22-8-3)26-15-17-27(18-16-26)43-9-4/h7-8,15-18,28-30,39H,2-3,6,9-14,19-25H2,1,4-5H3/t28-,29+,30?,34+,35?/m1/s1. The Morgan fingerprint density at radius 3 is 2.41 bits per heavy atom. The van der Waals surface area contributed by atoms with E-state index in [1.54, 1.807) is 26.9 Å². The van der Waals surface area contributed by atoms with E-state index in [1.165, 1.54) is 0 Å². The minimum atomic E-state index is -1.08. The Balaban J connectivity index is 1.72. The van der Waals surface area contributed by atoms with E-state index in [9.17, 15) is 19.5 Å². The molecule has 9 nitrogen and oxygen atoms in total. The molecule has 44 heavy (non-hydrogen) atoms. The molecule has 0 aliphatic carbocycles. The topological polar surface area (TPSA) is 99.6 Å². The number of hydrogen-bond donors (Lipinski definition) is 1. The molecule has 0 radical (unpaired) electrons. The number of unbranched alkanes of at least 4 members (excludes halogenated alkanes) is 4. The van der Waals surface area contributed by atoms with Gasteiger partial charge in [-0.05, 0) is 76.6 Å². The van der Waals surface area contributed by atoms with E-state index in [2.05, 4.69) is 20.1 Å². The molecule has 5 atom stereocenters. The van der Waals surface area contributed by atoms with Crippen molar-refractivity contribution >= 4 is 23.4 Å². The summed E-state index contributed by atoms with van der Waals surface area (Å²) < 4.78 is 12.5. The molecule has 242 valence electrons. The molecule has 3 aliphatic rings. The molecule has 2 unspecified atom stereocenters. The molecule has 4 rings (SSSR count). The average Bonchev–Trinajstić information content (AvgIpc) is 3.58. The van der Waals surface area contributed by atoms with Gasteiger partial charge in [-0.25, -0.2) is 0 Å². The Labute approximate surface area is 262 Å². The number of hydrogen-bond acceptors (Lipinski definition) is 6. The lowest BCUT2D eigenvalue weighted by Crippen LogP contribution is -2.56. The zero-order chi connectivity index (χ0) is 31.9. The molecule has 0 aromatic heterocycles. The SMILES string of the molecule is C=CCN(CCCCC)C(=O)C1N(CCCCCO)C(=O)[C@@H]2[C@H](C(=O)N(CC=C)c3ccc(OCC)cc3)[C@]3(C)CCC12O3. The number of rotatable bonds is 18. The van der Waals surface area contributed by atoms with Crippen molar-refractivity contribution in [1.29, 1.82) is 0 Å². The Bertz CT molecular complexity index is 1190. The Morgan fingerprint density at radius 2 is 1.77 bits per heavy atom. The van der Waals surface area contributed by atoms with Crippen LogP contribution in [-0.4, -0.2) is 89.3 Å². The highest BCUT2D eigenvalue weighted by atomic mass is 16.5. The summed E-state index contributed by atoms with van der Waals surface area (Å²) in [4.78, 5) is 48.7. The second-order valence-electron chi connectivity index (χ2n) is 12.5. The summed E-state index contributed by atoms with van der Waals surface area (Å²) >= 11 is 0. The van der Waals surface area contributed by atoms with Crippen molar-refractivity contribution in [1.82, 2.24) is 9.80 Å². The van der Waals surface area contributed by atoms with Gasteiger partial charge < -0.3 is 29.3 Å². The fourth-order valence-electron chi connectivity index (χ4n) is 7.57. The normalized spacial score (nSPS) is 26.9. The second kappa shape index (κ2) is 14.7. The number of carbonyl (C=O) groups is 3. The smallest absolute Gasteiger partial charge is 0.248 e. The molecule has 1 N–H and O–H groups in total. The van der Waals surface area contributed by atoms with Gasteiger partial charge in [-0.15, -0.1) is 13.2 Å². The maximum atomic E-state index is 14.6. The van der Waals surface area contributed by atoms with Gasteiger partial charge in [-0.2, -0.15) is 0 Å². The molecule has 3 fully saturated rings. The molecule has 3 heterocycles. The number of carbonyl (C=O) groups excluding carboxylic acids is 3. The first kappa shape index (κ1) is 33.7. The summed E-state index contributed by atoms with van der Waals surface area (Å²) in [5, 5.41) is 9.33. The lowest BCUT2D eigenvalue weighted by Gasteiger charge is -2.37. The molecular formula is C35H51N3O6. The quantitative estimate of drug-likeness (QED) is 0.191. The Kier molecular flexibility index (Phi) is 11.3. The highest BCUT2D eigenvalue weighted by Gasteiger charge is 2.78. The number of ether oxygens (including phenoxy) is 2. The zero-order valence-corrected chi connectivity index (χ0v) is 26.8. The number of aliphatic hydroxyl groups is 1. The molecule has 1 aromatic rings. The number of likely N-dealkylation sites (tertiary alicyclic amines) is 1. The maximum Gasteiger partial charge on any atom is 0.248 e. The van der Waals surface area contributed by atoms with Gasteiger partial charge in [0.1, 0.15) is 17.4 Å². The number of anilines is 1. The summed E-state index contributed by atoms with van der Waals surface area (Å²) in [6.07, 6.45) is 9.43. The largest absolute Gasteiger partial charge is 0.494 e. The minimum Gasteiger partial charge on any atom is -0.494 e. The van der Waals surface area contributed by atoms with E-state index in [0.717, 1.165) is 25.7 Å². The predicted octanol–water partition coefficient (Wildman–Crippen LogP) is 4.74. The van der Waals surface area contributed by atoms with Crippen LogP contribution in [0.5, 0.6) is 5.75 Å². The van der Waals surface area contributed by atoms with Gasteiger partial charge in [0.25, 0.3) is 0 Å². The Hall–Kier alpha value is -3.17. The van der Waals surface area contributed by atoms with Crippen LogP contribution in [0.4, 0.5) is 5.69 Å². The second-order valence-corrected chi connectivity index (χ2v) is 12.5. The van der Waals surface area contributed by atoms with Crippen molar-refractivity contribution in [3.63, 3.8) is 0 Å². The van der Waals surface area contributed by atoms with Crippen molar-refractivity contribution in [3.05, 3.63) is 49.6 Å². The summed E-state index contributed by atoms with van der Waals surface area (Å²) in [7, 11) is 0. The Morgan fingerprint density at radius 1 is 1.05 bits per heavy atom. The molecule has 1 aromatic carbocycles. The van der Waals surface area contributed by atoms with E-state index in [-0.39, 0.29) is 30.9 Å². The van der Waals surface area contributed by atoms with Gasteiger partial charge in [-0.1, -0.05) is 31.9 Å². The van der Waals surface area contributed by atoms with Crippen LogP contribution in [0, 0.1) is 11.8 Å². The van der Waals surface area contributed by atoms with E-state index in [0.29, 0.717) is 63.4 Å². The van der Waals surface area contributed by atoms with E-state index >= 15 is 0 Å². The molecule has 9 heteroatoms. The van der Waals surface area contributed by atoms with Crippen LogP contribution in [0.15, 0.2) is 49.6 Å². The van der Waals surface area contributed by atoms with Gasteiger partial charge in [0.05, 0.1) is 24.0 Å². The first-order valence-electron chi connectivity index (χ1n) is 16.4. The number of amides is 3. The predicted molar refractivity (Wildman–Crippen MR) is 171 cm³/mol. The lowest BCUT2D eigenvalue weighted by atomic mass is 9.66. The monoisotopic (exact) mass is 609 g/mol. The first-order valence-corrected chi connectivity index (χ1v) is 16.4. The summed E-state index contributed by atoms with van der Waals surface area (Å²) in [6, 6.07) is 6.54. The van der Waals surface area contributed by atoms with Crippen LogP contribution in [0.2, 0.25) is 0 Å². The number of aliphatic hydroxyl groups excluding tert-OH is 1. The fraction of sp³-hybridized carbons (Fsp3) is 0.629. The van der Waals surface area contributed by atoms with Gasteiger partial charge in [0.2, 0.25) is 17.7 Å². The van der Waals surface area contributed by atoms with Crippen molar-refractivity contribution in [3.8, 4) is 5.75 Å². The van der Waals surface area contributed by atoms with Gasteiger partial charge >= 0.3 is 0 Å². The van der Waals surface area contributed by atoms with Crippen molar-refractivity contribution < 1.29 is 29.0 Å². The average molecular weight is 610 g/mol. The number of fused-ring (bicyclic) bond motifs is 1. The zero-order valence-electron chi connectivity index (χ0n) is 26.8. The number of nitrogens with zero attached hydrogens (tertiary/aromatic N) is 3. The summed E-state index contributed by atoms with van der Waals surface area (Å²) in [5.74, 6) is -1.32. The van der Waals surface area contributed by atoms with Crippen LogP contribution in [0.1, 0.15) is 72.1 Å². The first-order chi connectivity index (χ1) is 21.2. The highest BCUT2D eigenvalue weighted by Crippen LogP contribution is 2.63. The van der Waals surface area contributed by atoms with Crippen LogP contribution >= 0.6 is 0 Å². The van der Waals surface area contributed by atoms with Gasteiger partial charge in [0, 0.05) is 38.5 Å². The minimum absolute atomic E-state index is 0.0795.